The molecule has 20 heavy (non-hydrogen) atoms. The fourth-order valence-corrected chi connectivity index (χ4v) is 4.40. The molecule has 1 aromatic carbocycles. The van der Waals surface area contributed by atoms with E-state index in [1.807, 2.05) is 6.07 Å². The molecule has 2 aliphatic rings. The van der Waals surface area contributed by atoms with E-state index in [9.17, 15) is 8.42 Å². The third kappa shape index (κ3) is 2.03. The minimum absolute atomic E-state index is 0.00447. The lowest BCUT2D eigenvalue weighted by Gasteiger charge is -2.59. The fourth-order valence-electron chi connectivity index (χ4n) is 3.68. The summed E-state index contributed by atoms with van der Waals surface area (Å²) in [6.45, 7) is 3.80. The molecule has 0 amide bonds. The van der Waals surface area contributed by atoms with Crippen molar-refractivity contribution in [3.63, 3.8) is 0 Å². The Morgan fingerprint density at radius 3 is 2.40 bits per heavy atom. The number of hydrogen-bond donors (Lipinski definition) is 1. The lowest BCUT2D eigenvalue weighted by atomic mass is 9.50. The van der Waals surface area contributed by atoms with E-state index < -0.39 is 10.0 Å². The predicted octanol–water partition coefficient (Wildman–Crippen LogP) is 1.41. The van der Waals surface area contributed by atoms with Crippen molar-refractivity contribution in [2.45, 2.75) is 30.1 Å². The molecular formula is C14H19NO4S. The van der Waals surface area contributed by atoms with E-state index in [2.05, 4.69) is 6.92 Å². The van der Waals surface area contributed by atoms with Crippen molar-refractivity contribution in [1.29, 1.82) is 0 Å². The first kappa shape index (κ1) is 13.9. The smallest absolute Gasteiger partial charge is 0.241 e. The number of nitrogens with two attached hydrogens (primary N) is 1. The van der Waals surface area contributed by atoms with Crippen LogP contribution in [0.1, 0.15) is 25.3 Å². The first-order valence-electron chi connectivity index (χ1n) is 6.57. The third-order valence-electron chi connectivity index (χ3n) is 4.51. The van der Waals surface area contributed by atoms with Crippen LogP contribution < -0.4 is 9.88 Å². The first-order valence-corrected chi connectivity index (χ1v) is 8.12. The van der Waals surface area contributed by atoms with Crippen LogP contribution in [0.3, 0.4) is 0 Å². The molecule has 0 radical (unpaired) electrons. The third-order valence-corrected chi connectivity index (χ3v) is 5.45. The van der Waals surface area contributed by atoms with Crippen molar-refractivity contribution in [1.82, 2.24) is 0 Å². The van der Waals surface area contributed by atoms with E-state index in [1.165, 1.54) is 7.11 Å². The van der Waals surface area contributed by atoms with Crippen LogP contribution in [0.25, 0.3) is 0 Å². The monoisotopic (exact) mass is 297 g/mol. The van der Waals surface area contributed by atoms with Crippen molar-refractivity contribution >= 4 is 10.0 Å². The summed E-state index contributed by atoms with van der Waals surface area (Å²) in [5.41, 5.74) is 1.31. The first-order chi connectivity index (χ1) is 9.28. The lowest BCUT2D eigenvalue weighted by Crippen LogP contribution is -2.58. The molecule has 1 heterocycles. The van der Waals surface area contributed by atoms with E-state index in [1.54, 1.807) is 12.1 Å². The predicted molar refractivity (Wildman–Crippen MR) is 74.2 cm³/mol. The molecule has 5 nitrogen and oxygen atoms in total. The van der Waals surface area contributed by atoms with E-state index in [-0.39, 0.29) is 10.3 Å². The Balaban J connectivity index is 1.95. The number of benzene rings is 1. The molecule has 0 atom stereocenters. The number of methoxy groups -OCH3 is 1. The summed E-state index contributed by atoms with van der Waals surface area (Å²) in [5.74, 6) is 0.292. The second-order valence-corrected chi connectivity index (χ2v) is 7.85. The van der Waals surface area contributed by atoms with Gasteiger partial charge >= 0.3 is 0 Å². The highest BCUT2D eigenvalue weighted by atomic mass is 32.2. The molecule has 1 aromatic rings. The number of hydrogen-bond acceptors (Lipinski definition) is 4. The molecular weight excluding hydrogens is 278 g/mol. The number of ether oxygens (including phenoxy) is 2. The Labute approximate surface area is 119 Å². The van der Waals surface area contributed by atoms with Gasteiger partial charge in [0.05, 0.1) is 20.3 Å². The minimum atomic E-state index is -3.78. The average Bonchev–Trinajstić information content (AvgIpc) is 2.30. The van der Waals surface area contributed by atoms with Gasteiger partial charge in [-0.1, -0.05) is 13.0 Å². The highest BCUT2D eigenvalue weighted by Gasteiger charge is 2.56. The molecule has 1 aliphatic heterocycles. The fraction of sp³-hybridized carbons (Fsp3) is 0.571. The second kappa shape index (κ2) is 4.19. The van der Waals surface area contributed by atoms with Crippen LogP contribution >= 0.6 is 0 Å². The normalized spacial score (nSPS) is 22.9. The molecule has 2 N–H and O–H groups in total. The van der Waals surface area contributed by atoms with Crippen molar-refractivity contribution in [2.75, 3.05) is 20.3 Å². The van der Waals surface area contributed by atoms with Gasteiger partial charge in [-0.15, -0.1) is 0 Å². The van der Waals surface area contributed by atoms with E-state index in [0.29, 0.717) is 11.2 Å². The van der Waals surface area contributed by atoms with Crippen LogP contribution in [0.5, 0.6) is 5.75 Å². The van der Waals surface area contributed by atoms with Crippen LogP contribution in [-0.2, 0) is 20.2 Å². The molecule has 110 valence electrons. The quantitative estimate of drug-likeness (QED) is 0.915. The van der Waals surface area contributed by atoms with E-state index in [4.69, 9.17) is 14.6 Å². The van der Waals surface area contributed by atoms with Gasteiger partial charge in [-0.25, -0.2) is 13.6 Å². The zero-order chi connectivity index (χ0) is 14.6. The Morgan fingerprint density at radius 1 is 1.30 bits per heavy atom. The van der Waals surface area contributed by atoms with Crippen LogP contribution in [0.4, 0.5) is 0 Å². The van der Waals surface area contributed by atoms with Gasteiger partial charge in [0, 0.05) is 5.41 Å². The van der Waals surface area contributed by atoms with Crippen molar-refractivity contribution in [3.05, 3.63) is 23.8 Å². The maximum absolute atomic E-state index is 11.7. The molecule has 1 aliphatic carbocycles. The van der Waals surface area contributed by atoms with Crippen LogP contribution in [0.15, 0.2) is 23.1 Å². The molecule has 0 aromatic heterocycles. The van der Waals surface area contributed by atoms with Crippen molar-refractivity contribution < 1.29 is 17.9 Å². The summed E-state index contributed by atoms with van der Waals surface area (Å²) in [7, 11) is -2.34. The molecule has 2 fully saturated rings. The van der Waals surface area contributed by atoms with Crippen LogP contribution in [-0.4, -0.2) is 28.7 Å². The highest BCUT2D eigenvalue weighted by molar-refractivity contribution is 7.89. The van der Waals surface area contributed by atoms with Crippen LogP contribution in [0.2, 0.25) is 0 Å². The summed E-state index contributed by atoms with van der Waals surface area (Å²) in [6.07, 6.45) is 2.05. The van der Waals surface area contributed by atoms with Gasteiger partial charge in [0.1, 0.15) is 10.6 Å². The second-order valence-electron chi connectivity index (χ2n) is 6.32. The Morgan fingerprint density at radius 2 is 1.95 bits per heavy atom. The van der Waals surface area contributed by atoms with Gasteiger partial charge < -0.3 is 9.47 Å². The summed E-state index contributed by atoms with van der Waals surface area (Å²) < 4.78 is 33.7. The van der Waals surface area contributed by atoms with Crippen LogP contribution in [0, 0.1) is 5.41 Å². The summed E-state index contributed by atoms with van der Waals surface area (Å²) in [4.78, 5) is 0.0598. The van der Waals surface area contributed by atoms with E-state index >= 15 is 0 Å². The summed E-state index contributed by atoms with van der Waals surface area (Å²) in [6, 6.07) is 5.27. The SMILES string of the molecule is COc1ccc(C2(C)CC3(COC3)C2)cc1S(N)(=O)=O. The Bertz CT molecular complexity index is 641. The molecule has 1 saturated heterocycles. The minimum Gasteiger partial charge on any atom is -0.495 e. The molecule has 0 unspecified atom stereocenters. The van der Waals surface area contributed by atoms with Gasteiger partial charge in [0.15, 0.2) is 0 Å². The highest BCUT2D eigenvalue weighted by Crippen LogP contribution is 2.59. The number of rotatable bonds is 3. The zero-order valence-electron chi connectivity index (χ0n) is 11.7. The Kier molecular flexibility index (Phi) is 2.90. The maximum atomic E-state index is 11.7. The van der Waals surface area contributed by atoms with Crippen molar-refractivity contribution in [2.24, 2.45) is 10.6 Å². The molecule has 1 spiro atoms. The lowest BCUT2D eigenvalue weighted by molar-refractivity contribution is -0.185. The zero-order valence-corrected chi connectivity index (χ0v) is 12.5. The standard InChI is InChI=1S/C14H19NO4S/c1-13(6-14(7-13)8-19-9-14)10-3-4-11(18-2)12(5-10)20(15,16)17/h3-5H,6-9H2,1-2H3,(H2,15,16,17). The molecule has 1 saturated carbocycles. The van der Waals surface area contributed by atoms with E-state index in [0.717, 1.165) is 31.6 Å². The summed E-state index contributed by atoms with van der Waals surface area (Å²) >= 11 is 0. The van der Waals surface area contributed by atoms with Crippen molar-refractivity contribution in [3.8, 4) is 5.75 Å². The molecule has 0 bridgehead atoms. The summed E-state index contributed by atoms with van der Waals surface area (Å²) in [5, 5.41) is 5.27. The van der Waals surface area contributed by atoms with Gasteiger partial charge in [-0.2, -0.15) is 0 Å². The van der Waals surface area contributed by atoms with Gasteiger partial charge in [-0.05, 0) is 36.0 Å². The Hall–Kier alpha value is -1.11. The number of primary sulfonamides is 1. The van der Waals surface area contributed by atoms with Gasteiger partial charge in [0.25, 0.3) is 0 Å². The topological polar surface area (TPSA) is 78.6 Å². The largest absolute Gasteiger partial charge is 0.495 e. The van der Waals surface area contributed by atoms with Gasteiger partial charge in [-0.3, -0.25) is 0 Å². The maximum Gasteiger partial charge on any atom is 0.241 e. The number of sulfonamides is 1. The molecule has 6 heteroatoms. The van der Waals surface area contributed by atoms with Gasteiger partial charge in [0.2, 0.25) is 10.0 Å². The average molecular weight is 297 g/mol. The molecule has 3 rings (SSSR count).